The van der Waals surface area contributed by atoms with Gasteiger partial charge in [0.05, 0.1) is 0 Å². The van der Waals surface area contributed by atoms with E-state index in [2.05, 4.69) is 58.7 Å². The van der Waals surface area contributed by atoms with Crippen molar-refractivity contribution in [1.29, 1.82) is 0 Å². The molecule has 3 aromatic rings. The van der Waals surface area contributed by atoms with Gasteiger partial charge in [0.25, 0.3) is 0 Å². The van der Waals surface area contributed by atoms with E-state index in [9.17, 15) is 0 Å². The van der Waals surface area contributed by atoms with Gasteiger partial charge in [0.1, 0.15) is 5.71 Å². The highest BCUT2D eigenvalue weighted by atomic mass is 15.2. The quantitative estimate of drug-likeness (QED) is 0.367. The van der Waals surface area contributed by atoms with E-state index in [-0.39, 0.29) is 0 Å². The third-order valence-corrected chi connectivity index (χ3v) is 4.05. The monoisotopic (exact) mass is 308 g/mol. The summed E-state index contributed by atoms with van der Waals surface area (Å²) in [6.07, 6.45) is 5.65. The molecular weight excluding hydrogens is 292 g/mol. The Morgan fingerprint density at radius 2 is 1.12 bits per heavy atom. The van der Waals surface area contributed by atoms with Crippen molar-refractivity contribution >= 4 is 18.0 Å². The maximum absolute atomic E-state index is 4.47. The Morgan fingerprint density at radius 3 is 1.75 bits per heavy atom. The summed E-state index contributed by atoms with van der Waals surface area (Å²) in [5.74, 6) is 0. The van der Waals surface area contributed by atoms with Gasteiger partial charge in [-0.25, -0.2) is 0 Å². The molecule has 0 bridgehead atoms. The predicted octanol–water partition coefficient (Wildman–Crippen LogP) is 5.20. The van der Waals surface area contributed by atoms with Gasteiger partial charge in [0.15, 0.2) is 0 Å². The van der Waals surface area contributed by atoms with Crippen LogP contribution in [0.1, 0.15) is 16.7 Å². The van der Waals surface area contributed by atoms with Crippen LogP contribution in [-0.2, 0) is 0 Å². The van der Waals surface area contributed by atoms with Gasteiger partial charge in [-0.3, -0.25) is 0 Å². The van der Waals surface area contributed by atoms with Crippen LogP contribution in [0.25, 0.3) is 17.2 Å². The molecular formula is C22H16N2. The van der Waals surface area contributed by atoms with Crippen LogP contribution in [0.4, 0.5) is 0 Å². The first-order valence-corrected chi connectivity index (χ1v) is 7.95. The third-order valence-electron chi connectivity index (χ3n) is 4.05. The van der Waals surface area contributed by atoms with Crippen molar-refractivity contribution in [3.63, 3.8) is 0 Å². The second-order valence-electron chi connectivity index (χ2n) is 5.57. The molecule has 1 aliphatic carbocycles. The fourth-order valence-corrected chi connectivity index (χ4v) is 2.95. The number of hydrogen-bond donors (Lipinski definition) is 0. The molecule has 2 nitrogen and oxygen atoms in total. The van der Waals surface area contributed by atoms with Gasteiger partial charge >= 0.3 is 0 Å². The maximum atomic E-state index is 4.47. The van der Waals surface area contributed by atoms with Gasteiger partial charge in [0, 0.05) is 17.3 Å². The molecule has 0 atom stereocenters. The Bertz CT molecular complexity index is 903. The summed E-state index contributed by atoms with van der Waals surface area (Å²) < 4.78 is 0. The Labute approximate surface area is 141 Å². The standard InChI is InChI=1S/C22H16N2/c1-2-9-17(10-3-1)11-8-16-23-24-22-20-14-6-4-12-18(20)19-13-5-7-15-21(19)22/h1-16H. The summed E-state index contributed by atoms with van der Waals surface area (Å²) in [6.45, 7) is 0. The Morgan fingerprint density at radius 1 is 0.583 bits per heavy atom. The molecule has 0 radical (unpaired) electrons. The van der Waals surface area contributed by atoms with Crippen LogP contribution in [0.15, 0.2) is 95.1 Å². The van der Waals surface area contributed by atoms with Gasteiger partial charge in [-0.2, -0.15) is 5.10 Å². The molecule has 3 aromatic carbocycles. The van der Waals surface area contributed by atoms with E-state index in [4.69, 9.17) is 0 Å². The molecule has 0 spiro atoms. The zero-order valence-electron chi connectivity index (χ0n) is 13.1. The average molecular weight is 308 g/mol. The highest BCUT2D eigenvalue weighted by Gasteiger charge is 2.23. The molecule has 0 aliphatic heterocycles. The second kappa shape index (κ2) is 6.47. The lowest BCUT2D eigenvalue weighted by molar-refractivity contribution is 1.25. The largest absolute Gasteiger partial charge is 0.159 e. The minimum atomic E-state index is 0.936. The lowest BCUT2D eigenvalue weighted by Gasteiger charge is -1.97. The first kappa shape index (κ1) is 14.3. The summed E-state index contributed by atoms with van der Waals surface area (Å²) >= 11 is 0. The molecule has 2 heteroatoms. The Kier molecular flexibility index (Phi) is 3.86. The fourth-order valence-electron chi connectivity index (χ4n) is 2.95. The minimum Gasteiger partial charge on any atom is -0.159 e. The van der Waals surface area contributed by atoms with E-state index in [1.54, 1.807) is 6.21 Å². The molecule has 0 amide bonds. The summed E-state index contributed by atoms with van der Waals surface area (Å²) in [7, 11) is 0. The minimum absolute atomic E-state index is 0.936. The number of rotatable bonds is 3. The number of hydrogen-bond acceptors (Lipinski definition) is 2. The van der Waals surface area contributed by atoms with E-state index in [1.165, 1.54) is 11.1 Å². The van der Waals surface area contributed by atoms with Gasteiger partial charge in [-0.15, -0.1) is 5.10 Å². The van der Waals surface area contributed by atoms with Crippen molar-refractivity contribution in [2.75, 3.05) is 0 Å². The van der Waals surface area contributed by atoms with Crippen LogP contribution in [0.5, 0.6) is 0 Å². The smallest absolute Gasteiger partial charge is 0.101 e. The molecule has 4 rings (SSSR count). The first-order chi connectivity index (χ1) is 11.9. The van der Waals surface area contributed by atoms with Gasteiger partial charge in [-0.05, 0) is 22.8 Å². The third kappa shape index (κ3) is 2.70. The zero-order chi connectivity index (χ0) is 16.2. The van der Waals surface area contributed by atoms with E-state index < -0.39 is 0 Å². The summed E-state index contributed by atoms with van der Waals surface area (Å²) in [5, 5.41) is 8.71. The normalized spacial score (nSPS) is 12.6. The number of fused-ring (bicyclic) bond motifs is 3. The van der Waals surface area contributed by atoms with Gasteiger partial charge in [0.2, 0.25) is 0 Å². The highest BCUT2D eigenvalue weighted by Crippen LogP contribution is 2.36. The van der Waals surface area contributed by atoms with Crippen LogP contribution < -0.4 is 0 Å². The van der Waals surface area contributed by atoms with E-state index in [0.29, 0.717) is 0 Å². The van der Waals surface area contributed by atoms with Crippen molar-refractivity contribution in [2.24, 2.45) is 10.2 Å². The lowest BCUT2D eigenvalue weighted by Crippen LogP contribution is -1.96. The average Bonchev–Trinajstić information content (AvgIpc) is 2.97. The maximum Gasteiger partial charge on any atom is 0.101 e. The molecule has 0 heterocycles. The predicted molar refractivity (Wildman–Crippen MR) is 101 cm³/mol. The molecule has 0 N–H and O–H groups in total. The first-order valence-electron chi connectivity index (χ1n) is 7.95. The van der Waals surface area contributed by atoms with Crippen LogP contribution in [0, 0.1) is 0 Å². The Balaban J connectivity index is 1.63. The Hall–Kier alpha value is -3.26. The van der Waals surface area contributed by atoms with Crippen molar-refractivity contribution in [3.05, 3.63) is 102 Å². The van der Waals surface area contributed by atoms with Crippen LogP contribution in [-0.4, -0.2) is 11.9 Å². The van der Waals surface area contributed by atoms with Crippen molar-refractivity contribution < 1.29 is 0 Å². The molecule has 0 fully saturated rings. The zero-order valence-corrected chi connectivity index (χ0v) is 13.1. The van der Waals surface area contributed by atoms with Gasteiger partial charge < -0.3 is 0 Å². The van der Waals surface area contributed by atoms with E-state index >= 15 is 0 Å². The summed E-state index contributed by atoms with van der Waals surface area (Å²) in [6, 6.07) is 26.8. The molecule has 24 heavy (non-hydrogen) atoms. The molecule has 1 aliphatic rings. The molecule has 0 unspecified atom stereocenters. The summed E-state index contributed by atoms with van der Waals surface area (Å²) in [5.41, 5.74) is 6.81. The molecule has 0 saturated heterocycles. The molecule has 114 valence electrons. The van der Waals surface area contributed by atoms with E-state index in [0.717, 1.165) is 22.4 Å². The number of allylic oxidation sites excluding steroid dienone is 1. The van der Waals surface area contributed by atoms with Crippen LogP contribution in [0.2, 0.25) is 0 Å². The van der Waals surface area contributed by atoms with Gasteiger partial charge in [-0.1, -0.05) is 84.9 Å². The number of nitrogens with zero attached hydrogens (tertiary/aromatic N) is 2. The van der Waals surface area contributed by atoms with E-state index in [1.807, 2.05) is 42.5 Å². The molecule has 0 saturated carbocycles. The molecule has 0 aromatic heterocycles. The second-order valence-corrected chi connectivity index (χ2v) is 5.57. The van der Waals surface area contributed by atoms with Crippen molar-refractivity contribution in [2.45, 2.75) is 0 Å². The topological polar surface area (TPSA) is 24.7 Å². The lowest BCUT2D eigenvalue weighted by atomic mass is 10.1. The summed E-state index contributed by atoms with van der Waals surface area (Å²) in [4.78, 5) is 0. The van der Waals surface area contributed by atoms with Crippen molar-refractivity contribution in [3.8, 4) is 11.1 Å². The highest BCUT2D eigenvalue weighted by molar-refractivity contribution is 6.24. The fraction of sp³-hybridized carbons (Fsp3) is 0. The van der Waals surface area contributed by atoms with Crippen LogP contribution >= 0.6 is 0 Å². The number of benzene rings is 3. The van der Waals surface area contributed by atoms with Crippen LogP contribution in [0.3, 0.4) is 0 Å². The van der Waals surface area contributed by atoms with Crippen molar-refractivity contribution in [1.82, 2.24) is 0 Å². The SMILES string of the molecule is C(=Cc1ccccc1)C=NN=C1c2ccccc2-c2ccccc21.